The zero-order chi connectivity index (χ0) is 46.0. The van der Waals surface area contributed by atoms with Gasteiger partial charge in [0.1, 0.15) is 24.4 Å². The van der Waals surface area contributed by atoms with Crippen molar-refractivity contribution in [3.05, 3.63) is 0 Å². The average molecular weight is 847 g/mol. The fourth-order valence-corrected chi connectivity index (χ4v) is 10.8. The summed E-state index contributed by atoms with van der Waals surface area (Å²) in [6.07, 6.45) is 2.77. The van der Waals surface area contributed by atoms with Crippen molar-refractivity contribution in [2.24, 2.45) is 11.8 Å². The van der Waals surface area contributed by atoms with Crippen LogP contribution in [0.25, 0.3) is 0 Å². The number of ether oxygens (including phenoxy) is 4. The Morgan fingerprint density at radius 3 is 0.817 bits per heavy atom. The van der Waals surface area contributed by atoms with E-state index in [1.54, 1.807) is 0 Å². The zero-order valence-electron chi connectivity index (χ0n) is 41.6. The smallest absolute Gasteiger partial charge is 0.310 e. The molecule has 0 N–H and O–H groups in total. The number of likely N-dealkylation sites (tertiary alicyclic amines) is 4. The molecule has 12 nitrogen and oxygen atoms in total. The molecule has 346 valence electrons. The van der Waals surface area contributed by atoms with Gasteiger partial charge in [-0.2, -0.15) is 0 Å². The summed E-state index contributed by atoms with van der Waals surface area (Å²) in [5.74, 6) is -5.39. The first kappa shape index (κ1) is 50.4. The van der Waals surface area contributed by atoms with Crippen LogP contribution in [0.3, 0.4) is 0 Å². The van der Waals surface area contributed by atoms with Crippen LogP contribution in [0.15, 0.2) is 0 Å². The van der Waals surface area contributed by atoms with E-state index in [1.807, 2.05) is 28.2 Å². The highest BCUT2D eigenvalue weighted by molar-refractivity contribution is 5.89. The third-order valence-electron chi connectivity index (χ3n) is 17.2. The topological polar surface area (TPSA) is 118 Å². The maximum absolute atomic E-state index is 14.9. The Morgan fingerprint density at radius 2 is 0.600 bits per heavy atom. The van der Waals surface area contributed by atoms with Gasteiger partial charge >= 0.3 is 23.9 Å². The van der Waals surface area contributed by atoms with E-state index < -0.39 is 95.1 Å². The minimum Gasteiger partial charge on any atom is -0.460 e. The molecular formula is C48H86N4O8. The van der Waals surface area contributed by atoms with E-state index >= 15 is 0 Å². The molecule has 4 aliphatic heterocycles. The van der Waals surface area contributed by atoms with Gasteiger partial charge in [0.15, 0.2) is 0 Å². The van der Waals surface area contributed by atoms with Crippen molar-refractivity contribution in [3.63, 3.8) is 0 Å². The van der Waals surface area contributed by atoms with Gasteiger partial charge in [0.25, 0.3) is 0 Å². The largest absolute Gasteiger partial charge is 0.460 e. The molecule has 4 fully saturated rings. The number of esters is 4. The van der Waals surface area contributed by atoms with Crippen LogP contribution in [0.2, 0.25) is 0 Å². The van der Waals surface area contributed by atoms with E-state index in [1.165, 1.54) is 0 Å². The third-order valence-corrected chi connectivity index (χ3v) is 17.2. The Labute approximate surface area is 364 Å². The van der Waals surface area contributed by atoms with E-state index in [2.05, 4.69) is 130 Å². The summed E-state index contributed by atoms with van der Waals surface area (Å²) in [7, 11) is 8.15. The van der Waals surface area contributed by atoms with Crippen molar-refractivity contribution in [1.82, 2.24) is 19.6 Å². The molecule has 0 aromatic carbocycles. The van der Waals surface area contributed by atoms with E-state index in [0.717, 1.165) is 25.7 Å². The molecule has 0 aromatic rings. The van der Waals surface area contributed by atoms with E-state index in [0.29, 0.717) is 25.7 Å². The first-order chi connectivity index (χ1) is 27.0. The maximum atomic E-state index is 14.9. The normalized spacial score (nSPS) is 31.9. The minimum atomic E-state index is -1.36. The Morgan fingerprint density at radius 1 is 0.400 bits per heavy atom. The van der Waals surface area contributed by atoms with E-state index in [4.69, 9.17) is 18.9 Å². The van der Waals surface area contributed by atoms with Gasteiger partial charge in [-0.3, -0.25) is 38.8 Å². The predicted molar refractivity (Wildman–Crippen MR) is 236 cm³/mol. The molecule has 0 radical (unpaired) electrons. The molecule has 4 saturated heterocycles. The summed E-state index contributed by atoms with van der Waals surface area (Å²) in [5.41, 5.74) is -2.59. The first-order valence-electron chi connectivity index (χ1n) is 22.8. The number of nitrogens with zero attached hydrogens (tertiary/aromatic N) is 4. The van der Waals surface area contributed by atoms with Crippen LogP contribution in [-0.2, 0) is 38.1 Å². The van der Waals surface area contributed by atoms with Crippen LogP contribution in [0.4, 0.5) is 0 Å². The van der Waals surface area contributed by atoms with Gasteiger partial charge in [-0.05, 0) is 190 Å². The van der Waals surface area contributed by atoms with Crippen molar-refractivity contribution in [2.45, 2.75) is 244 Å². The molecule has 0 aliphatic carbocycles. The summed E-state index contributed by atoms with van der Waals surface area (Å²) < 4.78 is 25.5. The van der Waals surface area contributed by atoms with Gasteiger partial charge in [0.05, 0.1) is 46.8 Å². The number of rotatable bonds is 11. The van der Waals surface area contributed by atoms with Crippen molar-refractivity contribution < 1.29 is 38.1 Å². The SMILES string of the molecule is CN1C(C)(C)CCC(OC(=O)CC(C(=O)OC2CCC(C)(C)N(C)C2(C)C)C(CC(=O)OC2CCC(C)(C)N(C)C2(C)C)C(=O)OC2CCC(C)(C)N(C)C2(C)C)C1(C)C. The van der Waals surface area contributed by atoms with Gasteiger partial charge in [0, 0.05) is 22.2 Å². The quantitative estimate of drug-likeness (QED) is 0.149. The Kier molecular flexibility index (Phi) is 14.3. The molecule has 12 heteroatoms. The number of piperidine rings is 4. The summed E-state index contributed by atoms with van der Waals surface area (Å²) >= 11 is 0. The number of carbonyl (C=O) groups excluding carboxylic acids is 4. The Balaban J connectivity index is 1.74. The van der Waals surface area contributed by atoms with Crippen LogP contribution >= 0.6 is 0 Å². The summed E-state index contributed by atoms with van der Waals surface area (Å²) in [5, 5.41) is 0. The molecule has 4 aliphatic rings. The molecule has 0 bridgehead atoms. The monoisotopic (exact) mass is 847 g/mol. The van der Waals surface area contributed by atoms with Crippen LogP contribution < -0.4 is 0 Å². The number of hydrogen-bond acceptors (Lipinski definition) is 12. The molecule has 60 heavy (non-hydrogen) atoms. The highest BCUT2D eigenvalue weighted by Gasteiger charge is 2.53. The second kappa shape index (κ2) is 17.0. The summed E-state index contributed by atoms with van der Waals surface area (Å²) in [4.78, 5) is 67.4. The lowest BCUT2D eigenvalue weighted by atomic mass is 9.77. The lowest BCUT2D eigenvalue weighted by molar-refractivity contribution is -0.190. The van der Waals surface area contributed by atoms with Gasteiger partial charge in [-0.25, -0.2) is 0 Å². The fourth-order valence-electron chi connectivity index (χ4n) is 10.8. The standard InChI is InChI=1S/C48H86N4O8/c1-41(2)25-21-33(45(9,10)49(41)17)57-37(53)29-31(39(55)59-35-23-27-43(5,6)51(19)47(35,13)14)32(40(56)60-36-24-28-44(7,8)52(20)48(36,15)16)30-38(54)58-34-22-26-42(3,4)50(18)46(34,11)12/h31-36H,21-30H2,1-20H3. The summed E-state index contributed by atoms with van der Waals surface area (Å²) in [6.45, 7) is 33.9. The van der Waals surface area contributed by atoms with Gasteiger partial charge in [-0.1, -0.05) is 0 Å². The predicted octanol–water partition coefficient (Wildman–Crippen LogP) is 7.78. The van der Waals surface area contributed by atoms with Crippen LogP contribution in [0, 0.1) is 11.8 Å². The number of likely N-dealkylation sites (N-methyl/N-ethyl adjacent to an activating group) is 4. The molecule has 6 unspecified atom stereocenters. The first-order valence-corrected chi connectivity index (χ1v) is 22.8. The molecule has 0 amide bonds. The molecule has 0 saturated carbocycles. The minimum absolute atomic E-state index is 0.101. The highest BCUT2D eigenvalue weighted by atomic mass is 16.6. The average Bonchev–Trinajstić information content (AvgIpc) is 3.12. The molecule has 0 spiro atoms. The van der Waals surface area contributed by atoms with Crippen molar-refractivity contribution in [3.8, 4) is 0 Å². The van der Waals surface area contributed by atoms with Gasteiger partial charge in [-0.15, -0.1) is 0 Å². The van der Waals surface area contributed by atoms with E-state index in [-0.39, 0.29) is 22.2 Å². The molecule has 4 heterocycles. The summed E-state index contributed by atoms with van der Waals surface area (Å²) in [6, 6.07) is 0. The van der Waals surface area contributed by atoms with Crippen molar-refractivity contribution >= 4 is 23.9 Å². The fraction of sp³-hybridized carbons (Fsp3) is 0.917. The lowest BCUT2D eigenvalue weighted by Gasteiger charge is -2.54. The van der Waals surface area contributed by atoms with Crippen LogP contribution in [-0.4, -0.2) is 140 Å². The highest BCUT2D eigenvalue weighted by Crippen LogP contribution is 2.44. The van der Waals surface area contributed by atoms with Crippen molar-refractivity contribution in [1.29, 1.82) is 0 Å². The molecule has 4 rings (SSSR count). The van der Waals surface area contributed by atoms with Gasteiger partial charge < -0.3 is 18.9 Å². The number of hydrogen-bond donors (Lipinski definition) is 0. The second-order valence-corrected chi connectivity index (χ2v) is 23.7. The molecule has 0 aromatic heterocycles. The van der Waals surface area contributed by atoms with Gasteiger partial charge in [0.2, 0.25) is 0 Å². The molecule has 6 atom stereocenters. The Hall–Kier alpha value is -2.28. The van der Waals surface area contributed by atoms with E-state index in [9.17, 15) is 19.2 Å². The third kappa shape index (κ3) is 9.91. The Bertz CT molecular complexity index is 1480. The second-order valence-electron chi connectivity index (χ2n) is 23.7. The van der Waals surface area contributed by atoms with Crippen LogP contribution in [0.1, 0.15) is 175 Å². The van der Waals surface area contributed by atoms with Crippen molar-refractivity contribution in [2.75, 3.05) is 28.2 Å². The van der Waals surface area contributed by atoms with Crippen LogP contribution in [0.5, 0.6) is 0 Å². The maximum Gasteiger partial charge on any atom is 0.310 e. The lowest BCUT2D eigenvalue weighted by Crippen LogP contribution is -2.64. The number of carbonyl (C=O) groups is 4. The molecular weight excluding hydrogens is 761 g/mol. The zero-order valence-corrected chi connectivity index (χ0v) is 41.6.